The van der Waals surface area contributed by atoms with E-state index in [2.05, 4.69) is 25.0 Å². The molecule has 0 amide bonds. The minimum atomic E-state index is 0.201. The second-order valence-electron chi connectivity index (χ2n) is 4.75. The van der Waals surface area contributed by atoms with Crippen LogP contribution in [0.25, 0.3) is 0 Å². The predicted octanol–water partition coefficient (Wildman–Crippen LogP) is 1.06. The van der Waals surface area contributed by atoms with Crippen molar-refractivity contribution in [3.63, 3.8) is 0 Å². The highest BCUT2D eigenvalue weighted by atomic mass is 16.5. The zero-order valence-corrected chi connectivity index (χ0v) is 11.0. The van der Waals surface area contributed by atoms with Crippen molar-refractivity contribution in [3.05, 3.63) is 29.9 Å². The topological polar surface area (TPSA) is 80.1 Å². The number of aromatic amines is 1. The summed E-state index contributed by atoms with van der Waals surface area (Å²) in [6, 6.07) is 0.201. The number of imidazole rings is 1. The summed E-state index contributed by atoms with van der Waals surface area (Å²) in [5, 5.41) is 3.82. The third kappa shape index (κ3) is 2.52. The van der Waals surface area contributed by atoms with E-state index in [0.29, 0.717) is 18.3 Å². The first kappa shape index (κ1) is 12.3. The number of likely N-dealkylation sites (tertiary alicyclic amines) is 1. The fourth-order valence-corrected chi connectivity index (χ4v) is 2.53. The molecule has 7 heteroatoms. The Morgan fingerprint density at radius 1 is 1.58 bits per heavy atom. The molecule has 1 fully saturated rings. The van der Waals surface area contributed by atoms with E-state index >= 15 is 0 Å². The van der Waals surface area contributed by atoms with Gasteiger partial charge in [0.05, 0.1) is 18.7 Å². The zero-order valence-electron chi connectivity index (χ0n) is 11.0. The molecule has 0 aromatic carbocycles. The number of aryl methyl sites for hydroxylation is 1. The lowest BCUT2D eigenvalue weighted by Gasteiger charge is -2.20. The van der Waals surface area contributed by atoms with Crippen molar-refractivity contribution in [2.45, 2.75) is 32.0 Å². The highest BCUT2D eigenvalue weighted by Crippen LogP contribution is 2.32. The Labute approximate surface area is 111 Å². The van der Waals surface area contributed by atoms with Crippen molar-refractivity contribution in [1.82, 2.24) is 25.0 Å². The fraction of sp³-hybridized carbons (Fsp3) is 0.583. The van der Waals surface area contributed by atoms with Gasteiger partial charge < -0.3 is 14.2 Å². The number of nitrogens with one attached hydrogen (secondary N) is 1. The van der Waals surface area contributed by atoms with Gasteiger partial charge in [-0.25, -0.2) is 4.98 Å². The van der Waals surface area contributed by atoms with Gasteiger partial charge in [-0.15, -0.1) is 0 Å². The van der Waals surface area contributed by atoms with Gasteiger partial charge in [0.25, 0.3) is 0 Å². The largest absolute Gasteiger partial charge is 0.380 e. The molecule has 19 heavy (non-hydrogen) atoms. The maximum absolute atomic E-state index is 5.46. The standard InChI is InChI=1S/C12H17N5O2/c1-8-15-11(19-16-8)7-17-6-9(18-2)5-10(17)12-13-3-4-14-12/h3-4,9-10H,5-7H2,1-2H3,(H,13,14)/t9-,10?/m1/s1. The second-order valence-corrected chi connectivity index (χ2v) is 4.75. The first-order chi connectivity index (χ1) is 9.26. The highest BCUT2D eigenvalue weighted by molar-refractivity contribution is 5.02. The predicted molar refractivity (Wildman–Crippen MR) is 66.2 cm³/mol. The number of hydrogen-bond acceptors (Lipinski definition) is 6. The monoisotopic (exact) mass is 263 g/mol. The van der Waals surface area contributed by atoms with Gasteiger partial charge in [-0.05, 0) is 13.3 Å². The van der Waals surface area contributed by atoms with E-state index in [1.54, 1.807) is 13.3 Å². The van der Waals surface area contributed by atoms with Crippen LogP contribution in [-0.4, -0.2) is 44.8 Å². The van der Waals surface area contributed by atoms with Gasteiger partial charge in [-0.1, -0.05) is 5.16 Å². The van der Waals surface area contributed by atoms with E-state index in [0.717, 1.165) is 18.8 Å². The van der Waals surface area contributed by atoms with Gasteiger partial charge in [0.15, 0.2) is 5.82 Å². The molecule has 0 spiro atoms. The van der Waals surface area contributed by atoms with Crippen molar-refractivity contribution in [1.29, 1.82) is 0 Å². The molecule has 1 aliphatic rings. The number of H-pyrrole nitrogens is 1. The van der Waals surface area contributed by atoms with E-state index in [1.807, 2.05) is 13.1 Å². The molecule has 2 aromatic heterocycles. The van der Waals surface area contributed by atoms with Crippen LogP contribution >= 0.6 is 0 Å². The first-order valence-electron chi connectivity index (χ1n) is 6.31. The molecule has 1 aliphatic heterocycles. The molecule has 1 N–H and O–H groups in total. The maximum atomic E-state index is 5.46. The summed E-state index contributed by atoms with van der Waals surface area (Å²) >= 11 is 0. The van der Waals surface area contributed by atoms with E-state index in [4.69, 9.17) is 9.26 Å². The van der Waals surface area contributed by atoms with Crippen LogP contribution in [-0.2, 0) is 11.3 Å². The Hall–Kier alpha value is -1.73. The molecular formula is C12H17N5O2. The molecule has 0 bridgehead atoms. The van der Waals surface area contributed by atoms with Gasteiger partial charge in [0.1, 0.15) is 5.82 Å². The van der Waals surface area contributed by atoms with Crippen LogP contribution < -0.4 is 0 Å². The summed E-state index contributed by atoms with van der Waals surface area (Å²) < 4.78 is 10.6. The lowest BCUT2D eigenvalue weighted by molar-refractivity contribution is 0.105. The number of ether oxygens (including phenoxy) is 1. The molecule has 2 aromatic rings. The van der Waals surface area contributed by atoms with Crippen molar-refractivity contribution in [2.75, 3.05) is 13.7 Å². The fourth-order valence-electron chi connectivity index (χ4n) is 2.53. The molecular weight excluding hydrogens is 246 g/mol. The summed E-state index contributed by atoms with van der Waals surface area (Å²) in [4.78, 5) is 14.0. The number of methoxy groups -OCH3 is 1. The zero-order chi connectivity index (χ0) is 13.2. The number of aromatic nitrogens is 4. The van der Waals surface area contributed by atoms with Crippen LogP contribution in [0.3, 0.4) is 0 Å². The Kier molecular flexibility index (Phi) is 3.31. The summed E-state index contributed by atoms with van der Waals surface area (Å²) in [7, 11) is 1.74. The van der Waals surface area contributed by atoms with E-state index in [9.17, 15) is 0 Å². The highest BCUT2D eigenvalue weighted by Gasteiger charge is 2.35. The lowest BCUT2D eigenvalue weighted by atomic mass is 10.2. The average Bonchev–Trinajstić information content (AvgIpc) is 3.10. The summed E-state index contributed by atoms with van der Waals surface area (Å²) in [5.41, 5.74) is 0. The molecule has 7 nitrogen and oxygen atoms in total. The molecule has 3 rings (SSSR count). The van der Waals surface area contributed by atoms with Crippen molar-refractivity contribution >= 4 is 0 Å². The third-order valence-corrected chi connectivity index (χ3v) is 3.44. The summed E-state index contributed by atoms with van der Waals surface area (Å²) in [6.07, 6.45) is 4.73. The van der Waals surface area contributed by atoms with Gasteiger partial charge in [-0.2, -0.15) is 4.98 Å². The van der Waals surface area contributed by atoms with Crippen LogP contribution in [0.15, 0.2) is 16.9 Å². The maximum Gasteiger partial charge on any atom is 0.240 e. The molecule has 102 valence electrons. The SMILES string of the molecule is CO[C@@H]1CC(c2ncc[nH]2)N(Cc2nc(C)no2)C1. The Morgan fingerprint density at radius 3 is 3.11 bits per heavy atom. The first-order valence-corrected chi connectivity index (χ1v) is 6.31. The van der Waals surface area contributed by atoms with Crippen molar-refractivity contribution < 1.29 is 9.26 Å². The molecule has 0 aliphatic carbocycles. The Bertz CT molecular complexity index is 524. The Morgan fingerprint density at radius 2 is 2.47 bits per heavy atom. The average molecular weight is 263 g/mol. The van der Waals surface area contributed by atoms with Crippen molar-refractivity contribution in [3.8, 4) is 0 Å². The van der Waals surface area contributed by atoms with E-state index in [1.165, 1.54) is 0 Å². The van der Waals surface area contributed by atoms with Gasteiger partial charge in [0, 0.05) is 26.0 Å². The van der Waals surface area contributed by atoms with E-state index < -0.39 is 0 Å². The minimum Gasteiger partial charge on any atom is -0.380 e. The number of hydrogen-bond donors (Lipinski definition) is 1. The molecule has 3 heterocycles. The molecule has 1 unspecified atom stereocenters. The van der Waals surface area contributed by atoms with Crippen LogP contribution in [0.4, 0.5) is 0 Å². The second kappa shape index (κ2) is 5.10. The third-order valence-electron chi connectivity index (χ3n) is 3.44. The van der Waals surface area contributed by atoms with Crippen LogP contribution in [0, 0.1) is 6.92 Å². The normalized spacial score (nSPS) is 24.1. The van der Waals surface area contributed by atoms with Crippen molar-refractivity contribution in [2.24, 2.45) is 0 Å². The van der Waals surface area contributed by atoms with Gasteiger partial charge >= 0.3 is 0 Å². The quantitative estimate of drug-likeness (QED) is 0.888. The van der Waals surface area contributed by atoms with E-state index in [-0.39, 0.29) is 12.1 Å². The van der Waals surface area contributed by atoms with Crippen LogP contribution in [0.1, 0.15) is 30.0 Å². The van der Waals surface area contributed by atoms with Crippen LogP contribution in [0.5, 0.6) is 0 Å². The molecule has 0 radical (unpaired) electrons. The summed E-state index contributed by atoms with van der Waals surface area (Å²) in [5.74, 6) is 2.24. The van der Waals surface area contributed by atoms with Gasteiger partial charge in [-0.3, -0.25) is 4.90 Å². The summed E-state index contributed by atoms with van der Waals surface area (Å²) in [6.45, 7) is 3.27. The minimum absolute atomic E-state index is 0.201. The smallest absolute Gasteiger partial charge is 0.240 e. The molecule has 2 atom stereocenters. The van der Waals surface area contributed by atoms with Gasteiger partial charge in [0.2, 0.25) is 5.89 Å². The Balaban J connectivity index is 1.77. The van der Waals surface area contributed by atoms with Crippen LogP contribution in [0.2, 0.25) is 0 Å². The molecule has 1 saturated heterocycles. The lowest BCUT2D eigenvalue weighted by Crippen LogP contribution is -2.25. The number of rotatable bonds is 4. The number of nitrogens with zero attached hydrogens (tertiary/aromatic N) is 4. The molecule has 0 saturated carbocycles.